The molecule has 0 radical (unpaired) electrons. The highest BCUT2D eigenvalue weighted by Crippen LogP contribution is 2.36. The number of ether oxygens (including phenoxy) is 2. The van der Waals surface area contributed by atoms with E-state index in [-0.39, 0.29) is 11.4 Å². The highest BCUT2D eigenvalue weighted by atomic mass is 19.1. The molecule has 5 rings (SSSR count). The minimum absolute atomic E-state index is 0.0302. The van der Waals surface area contributed by atoms with E-state index in [0.717, 1.165) is 45.0 Å². The average molecular weight is 537 g/mol. The van der Waals surface area contributed by atoms with Crippen LogP contribution in [0.3, 0.4) is 0 Å². The first kappa shape index (κ1) is 26.5. The number of fused-ring (bicyclic) bond motifs is 1. The third-order valence-electron chi connectivity index (χ3n) is 6.89. The van der Waals surface area contributed by atoms with E-state index in [1.165, 1.54) is 6.07 Å². The Hall–Kier alpha value is -5.10. The Morgan fingerprint density at radius 2 is 1.48 bits per heavy atom. The lowest BCUT2D eigenvalue weighted by Gasteiger charge is -2.28. The third-order valence-corrected chi connectivity index (χ3v) is 6.89. The number of rotatable bonds is 9. The van der Waals surface area contributed by atoms with E-state index >= 15 is 0 Å². The summed E-state index contributed by atoms with van der Waals surface area (Å²) in [6.45, 7) is 1.20. The van der Waals surface area contributed by atoms with Gasteiger partial charge in [-0.3, -0.25) is 0 Å². The maximum absolute atomic E-state index is 14.9. The van der Waals surface area contributed by atoms with Crippen LogP contribution in [0.2, 0.25) is 0 Å². The Morgan fingerprint density at radius 1 is 0.875 bits per heavy atom. The standard InChI is InChI=1S/C31H29FN6O2/c1-36-20-34-30-28(36)15-24(37(2)27-14-9-23(17-33)35-31(27)32)16-29(30)38(18-21-5-10-25(39-3)11-6-21)19-22-7-12-26(40-4)13-8-22/h5-16,20H,18-19H2,1-4H3. The smallest absolute Gasteiger partial charge is 0.238 e. The zero-order chi connectivity index (χ0) is 28.2. The van der Waals surface area contributed by atoms with Crippen LogP contribution in [-0.4, -0.2) is 35.8 Å². The van der Waals surface area contributed by atoms with E-state index in [1.807, 2.05) is 78.3 Å². The van der Waals surface area contributed by atoms with Gasteiger partial charge in [0.1, 0.15) is 28.8 Å². The van der Waals surface area contributed by atoms with Crippen LogP contribution in [-0.2, 0) is 20.1 Å². The van der Waals surface area contributed by atoms with Crippen molar-refractivity contribution in [1.29, 1.82) is 5.26 Å². The van der Waals surface area contributed by atoms with Crippen LogP contribution in [0, 0.1) is 17.3 Å². The number of aromatic nitrogens is 3. The summed E-state index contributed by atoms with van der Waals surface area (Å²) >= 11 is 0. The Balaban J connectivity index is 1.61. The Labute approximate surface area is 232 Å². The van der Waals surface area contributed by atoms with Crippen molar-refractivity contribution in [1.82, 2.24) is 14.5 Å². The molecule has 0 spiro atoms. The average Bonchev–Trinajstić information content (AvgIpc) is 3.37. The van der Waals surface area contributed by atoms with Crippen molar-refractivity contribution < 1.29 is 13.9 Å². The predicted octanol–water partition coefficient (Wildman–Crippen LogP) is 5.97. The fourth-order valence-electron chi connectivity index (χ4n) is 4.64. The van der Waals surface area contributed by atoms with Crippen LogP contribution >= 0.6 is 0 Å². The highest BCUT2D eigenvalue weighted by Gasteiger charge is 2.20. The minimum Gasteiger partial charge on any atom is -0.497 e. The molecule has 0 bridgehead atoms. The summed E-state index contributed by atoms with van der Waals surface area (Å²) in [6, 6.07) is 24.9. The second kappa shape index (κ2) is 11.3. The van der Waals surface area contributed by atoms with E-state index in [9.17, 15) is 4.39 Å². The number of nitrogens with zero attached hydrogens (tertiary/aromatic N) is 6. The molecule has 0 amide bonds. The van der Waals surface area contributed by atoms with Crippen molar-refractivity contribution in [3.63, 3.8) is 0 Å². The second-order valence-corrected chi connectivity index (χ2v) is 9.42. The first-order valence-electron chi connectivity index (χ1n) is 12.7. The first-order valence-corrected chi connectivity index (χ1v) is 12.7. The van der Waals surface area contributed by atoms with Crippen LogP contribution in [0.25, 0.3) is 11.0 Å². The fourth-order valence-corrected chi connectivity index (χ4v) is 4.64. The van der Waals surface area contributed by atoms with Crippen LogP contribution < -0.4 is 19.3 Å². The van der Waals surface area contributed by atoms with E-state index < -0.39 is 5.95 Å². The van der Waals surface area contributed by atoms with Gasteiger partial charge in [0.2, 0.25) is 5.95 Å². The van der Waals surface area contributed by atoms with Gasteiger partial charge in [-0.05, 0) is 59.7 Å². The lowest BCUT2D eigenvalue weighted by Crippen LogP contribution is -2.23. The number of nitriles is 1. The Kier molecular flexibility index (Phi) is 7.51. The molecule has 0 unspecified atom stereocenters. The van der Waals surface area contributed by atoms with Crippen LogP contribution in [0.1, 0.15) is 16.8 Å². The summed E-state index contributed by atoms with van der Waals surface area (Å²) in [4.78, 5) is 12.5. The van der Waals surface area contributed by atoms with Crippen molar-refractivity contribution in [2.45, 2.75) is 13.1 Å². The van der Waals surface area contributed by atoms with Gasteiger partial charge in [0.05, 0.1) is 37.4 Å². The van der Waals surface area contributed by atoms with Crippen LogP contribution in [0.15, 0.2) is 79.1 Å². The third kappa shape index (κ3) is 5.38. The molecule has 0 fully saturated rings. The molecular weight excluding hydrogens is 507 g/mol. The number of hydrogen-bond donors (Lipinski definition) is 0. The van der Waals surface area contributed by atoms with Gasteiger partial charge in [-0.25, -0.2) is 9.97 Å². The summed E-state index contributed by atoms with van der Waals surface area (Å²) < 4.78 is 27.6. The largest absolute Gasteiger partial charge is 0.497 e. The van der Waals surface area contributed by atoms with Crippen molar-refractivity contribution in [3.05, 3.63) is 102 Å². The topological polar surface area (TPSA) is 79.4 Å². The molecule has 8 nitrogen and oxygen atoms in total. The van der Waals surface area contributed by atoms with Gasteiger partial charge in [0, 0.05) is 32.9 Å². The zero-order valence-corrected chi connectivity index (χ0v) is 22.8. The van der Waals surface area contributed by atoms with Gasteiger partial charge in [-0.15, -0.1) is 0 Å². The quantitative estimate of drug-likeness (QED) is 0.215. The summed E-state index contributed by atoms with van der Waals surface area (Å²) in [5.74, 6) is 0.875. The van der Waals surface area contributed by atoms with Crippen molar-refractivity contribution in [2.24, 2.45) is 7.05 Å². The van der Waals surface area contributed by atoms with E-state index in [2.05, 4.69) is 9.88 Å². The molecule has 0 saturated carbocycles. The molecule has 40 heavy (non-hydrogen) atoms. The van der Waals surface area contributed by atoms with E-state index in [4.69, 9.17) is 19.7 Å². The van der Waals surface area contributed by atoms with Crippen LogP contribution in [0.4, 0.5) is 21.5 Å². The number of imidazole rings is 1. The zero-order valence-electron chi connectivity index (χ0n) is 22.8. The fraction of sp³-hybridized carbons (Fsp3) is 0.194. The molecule has 2 heterocycles. The van der Waals surface area contributed by atoms with Crippen molar-refractivity contribution >= 4 is 28.1 Å². The number of anilines is 3. The predicted molar refractivity (Wildman–Crippen MR) is 154 cm³/mol. The van der Waals surface area contributed by atoms with E-state index in [0.29, 0.717) is 13.1 Å². The summed E-state index contributed by atoms with van der Waals surface area (Å²) in [5, 5.41) is 9.11. The van der Waals surface area contributed by atoms with Gasteiger partial charge in [0.25, 0.3) is 0 Å². The summed E-state index contributed by atoms with van der Waals surface area (Å²) in [5.41, 5.74) is 5.88. The number of hydrogen-bond acceptors (Lipinski definition) is 7. The molecule has 0 aliphatic rings. The molecule has 2 aromatic heterocycles. The molecule has 0 saturated heterocycles. The van der Waals surface area contributed by atoms with Gasteiger partial charge in [0.15, 0.2) is 0 Å². The Bertz CT molecular complexity index is 1630. The lowest BCUT2D eigenvalue weighted by atomic mass is 10.1. The second-order valence-electron chi connectivity index (χ2n) is 9.42. The molecule has 9 heteroatoms. The van der Waals surface area contributed by atoms with E-state index in [1.54, 1.807) is 38.6 Å². The molecule has 5 aromatic rings. The molecule has 3 aromatic carbocycles. The number of pyridine rings is 1. The molecule has 202 valence electrons. The van der Waals surface area contributed by atoms with Gasteiger partial charge >= 0.3 is 0 Å². The molecule has 0 aliphatic carbocycles. The van der Waals surface area contributed by atoms with Crippen molar-refractivity contribution in [2.75, 3.05) is 31.1 Å². The maximum Gasteiger partial charge on any atom is 0.238 e. The van der Waals surface area contributed by atoms with Gasteiger partial charge in [-0.2, -0.15) is 9.65 Å². The number of benzene rings is 3. The molecule has 0 atom stereocenters. The minimum atomic E-state index is -0.707. The molecular formula is C31H29FN6O2. The maximum atomic E-state index is 14.9. The summed E-state index contributed by atoms with van der Waals surface area (Å²) in [6.07, 6.45) is 1.78. The van der Waals surface area contributed by atoms with Gasteiger partial charge in [-0.1, -0.05) is 24.3 Å². The Morgan fingerprint density at radius 3 is 2.00 bits per heavy atom. The van der Waals surface area contributed by atoms with Crippen LogP contribution in [0.5, 0.6) is 11.5 Å². The number of methoxy groups -OCH3 is 2. The lowest BCUT2D eigenvalue weighted by molar-refractivity contribution is 0.414. The number of halogens is 1. The highest BCUT2D eigenvalue weighted by molar-refractivity contribution is 5.93. The SMILES string of the molecule is COc1ccc(CN(Cc2ccc(OC)cc2)c2cc(N(C)c3ccc(C#N)nc3F)cc3c2ncn3C)cc1. The molecule has 0 aliphatic heterocycles. The first-order chi connectivity index (χ1) is 19.4. The molecule has 0 N–H and O–H groups in total. The summed E-state index contributed by atoms with van der Waals surface area (Å²) in [7, 11) is 7.02. The monoisotopic (exact) mass is 536 g/mol. The van der Waals surface area contributed by atoms with Crippen molar-refractivity contribution in [3.8, 4) is 17.6 Å². The number of aryl methyl sites for hydroxylation is 1. The van der Waals surface area contributed by atoms with Gasteiger partial charge < -0.3 is 23.8 Å². The normalized spacial score (nSPS) is 10.8.